The fourth-order valence-electron chi connectivity index (χ4n) is 3.00. The molecule has 1 aliphatic rings. The SMILES string of the molecule is Cc1cc(OCc2nc(SC[C@H]3CN(CC(C)C)CCO3)n[nH]2)ccc1Cl. The predicted octanol–water partition coefficient (Wildman–Crippen LogP) is 3.79. The molecule has 0 amide bonds. The van der Waals surface area contributed by atoms with Crippen LogP contribution in [0.4, 0.5) is 0 Å². The van der Waals surface area contributed by atoms with Crippen LogP contribution in [0.25, 0.3) is 0 Å². The van der Waals surface area contributed by atoms with Crippen molar-refractivity contribution in [2.24, 2.45) is 5.92 Å². The maximum atomic E-state index is 6.03. The summed E-state index contributed by atoms with van der Waals surface area (Å²) < 4.78 is 11.6. The molecule has 0 spiro atoms. The molecule has 3 rings (SSSR count). The van der Waals surface area contributed by atoms with Gasteiger partial charge in [-0.25, -0.2) is 4.98 Å². The van der Waals surface area contributed by atoms with Crippen LogP contribution in [0.15, 0.2) is 23.4 Å². The van der Waals surface area contributed by atoms with E-state index in [1.165, 1.54) is 0 Å². The van der Waals surface area contributed by atoms with Gasteiger partial charge in [0.2, 0.25) is 5.16 Å². The van der Waals surface area contributed by atoms with E-state index in [0.717, 1.165) is 53.5 Å². The molecule has 1 N–H and O–H groups in total. The summed E-state index contributed by atoms with van der Waals surface area (Å²) in [6.45, 7) is 10.7. The summed E-state index contributed by atoms with van der Waals surface area (Å²) in [5.41, 5.74) is 0.988. The molecule has 1 fully saturated rings. The van der Waals surface area contributed by atoms with E-state index in [1.807, 2.05) is 25.1 Å². The average molecular weight is 411 g/mol. The Morgan fingerprint density at radius 2 is 2.30 bits per heavy atom. The second-order valence-corrected chi connectivity index (χ2v) is 8.62. The lowest BCUT2D eigenvalue weighted by Gasteiger charge is -2.33. The Hall–Kier alpha value is -1.28. The van der Waals surface area contributed by atoms with Crippen molar-refractivity contribution in [1.82, 2.24) is 20.1 Å². The monoisotopic (exact) mass is 410 g/mol. The third-order valence-corrected chi connectivity index (χ3v) is 5.66. The van der Waals surface area contributed by atoms with Crippen LogP contribution in [0.3, 0.4) is 0 Å². The fraction of sp³-hybridized carbons (Fsp3) is 0.579. The van der Waals surface area contributed by atoms with Gasteiger partial charge in [0.05, 0.1) is 12.7 Å². The number of halogens is 1. The van der Waals surface area contributed by atoms with Gasteiger partial charge in [-0.3, -0.25) is 10.00 Å². The molecule has 1 aromatic carbocycles. The average Bonchev–Trinajstić information content (AvgIpc) is 3.09. The van der Waals surface area contributed by atoms with E-state index in [4.69, 9.17) is 21.1 Å². The predicted molar refractivity (Wildman–Crippen MR) is 109 cm³/mol. The van der Waals surface area contributed by atoms with Crippen molar-refractivity contribution in [2.75, 3.05) is 32.0 Å². The molecule has 1 atom stereocenters. The highest BCUT2D eigenvalue weighted by atomic mass is 35.5. The minimum atomic E-state index is 0.220. The molecule has 0 saturated carbocycles. The summed E-state index contributed by atoms with van der Waals surface area (Å²) in [5.74, 6) is 3.00. The number of rotatable bonds is 8. The number of H-pyrrole nitrogens is 1. The van der Waals surface area contributed by atoms with Crippen molar-refractivity contribution in [3.63, 3.8) is 0 Å². The molecule has 0 aliphatic carbocycles. The molecule has 1 aromatic heterocycles. The molecule has 2 aromatic rings. The highest BCUT2D eigenvalue weighted by Gasteiger charge is 2.21. The highest BCUT2D eigenvalue weighted by Crippen LogP contribution is 2.22. The Bertz CT molecular complexity index is 740. The van der Waals surface area contributed by atoms with Crippen LogP contribution in [-0.4, -0.2) is 58.2 Å². The van der Waals surface area contributed by atoms with Crippen LogP contribution < -0.4 is 4.74 Å². The van der Waals surface area contributed by atoms with Gasteiger partial charge in [-0.2, -0.15) is 0 Å². The number of nitrogens with zero attached hydrogens (tertiary/aromatic N) is 3. The van der Waals surface area contributed by atoms with Crippen molar-refractivity contribution in [1.29, 1.82) is 0 Å². The van der Waals surface area contributed by atoms with E-state index >= 15 is 0 Å². The van der Waals surface area contributed by atoms with Crippen LogP contribution in [0.2, 0.25) is 5.02 Å². The van der Waals surface area contributed by atoms with Crippen LogP contribution in [-0.2, 0) is 11.3 Å². The number of aromatic amines is 1. The lowest BCUT2D eigenvalue weighted by Crippen LogP contribution is -2.44. The molecular weight excluding hydrogens is 384 g/mol. The Morgan fingerprint density at radius 1 is 1.44 bits per heavy atom. The van der Waals surface area contributed by atoms with Gasteiger partial charge >= 0.3 is 0 Å². The van der Waals surface area contributed by atoms with Gasteiger partial charge in [0.1, 0.15) is 12.4 Å². The highest BCUT2D eigenvalue weighted by molar-refractivity contribution is 7.99. The van der Waals surface area contributed by atoms with Crippen LogP contribution >= 0.6 is 23.4 Å². The van der Waals surface area contributed by atoms with Gasteiger partial charge < -0.3 is 9.47 Å². The van der Waals surface area contributed by atoms with Gasteiger partial charge in [0, 0.05) is 30.4 Å². The summed E-state index contributed by atoms with van der Waals surface area (Å²) in [6.07, 6.45) is 0.220. The molecule has 2 heterocycles. The summed E-state index contributed by atoms with van der Waals surface area (Å²) in [4.78, 5) is 6.97. The lowest BCUT2D eigenvalue weighted by molar-refractivity contribution is -0.0191. The van der Waals surface area contributed by atoms with Gasteiger partial charge in [-0.1, -0.05) is 37.2 Å². The van der Waals surface area contributed by atoms with E-state index < -0.39 is 0 Å². The van der Waals surface area contributed by atoms with E-state index in [1.54, 1.807) is 11.8 Å². The Balaban J connectivity index is 1.44. The molecule has 1 aliphatic heterocycles. The normalized spacial score (nSPS) is 18.2. The summed E-state index contributed by atoms with van der Waals surface area (Å²) in [5, 5.41) is 8.67. The molecule has 27 heavy (non-hydrogen) atoms. The minimum Gasteiger partial charge on any atom is -0.486 e. The number of thioether (sulfide) groups is 1. The minimum absolute atomic E-state index is 0.220. The maximum absolute atomic E-state index is 6.03. The zero-order chi connectivity index (χ0) is 19.2. The van der Waals surface area contributed by atoms with Crippen LogP contribution in [0.5, 0.6) is 5.75 Å². The summed E-state index contributed by atoms with van der Waals surface area (Å²) in [7, 11) is 0. The first-order valence-corrected chi connectivity index (χ1v) is 10.6. The second kappa shape index (κ2) is 9.78. The van der Waals surface area contributed by atoms with E-state index in [9.17, 15) is 0 Å². The first-order valence-electron chi connectivity index (χ1n) is 9.26. The molecule has 0 radical (unpaired) electrons. The number of benzene rings is 1. The van der Waals surface area contributed by atoms with Crippen LogP contribution in [0.1, 0.15) is 25.2 Å². The van der Waals surface area contributed by atoms with Gasteiger partial charge in [0.25, 0.3) is 0 Å². The molecule has 1 saturated heterocycles. The number of morpholine rings is 1. The molecule has 0 bridgehead atoms. The second-order valence-electron chi connectivity index (χ2n) is 7.22. The number of aryl methyl sites for hydroxylation is 1. The topological polar surface area (TPSA) is 63.3 Å². The Kier molecular flexibility index (Phi) is 7.41. The molecule has 8 heteroatoms. The molecule has 0 unspecified atom stereocenters. The van der Waals surface area contributed by atoms with Gasteiger partial charge in [-0.15, -0.1) is 5.10 Å². The van der Waals surface area contributed by atoms with E-state index in [0.29, 0.717) is 18.3 Å². The quantitative estimate of drug-likeness (QED) is 0.668. The molecule has 148 valence electrons. The number of hydrogen-bond acceptors (Lipinski definition) is 6. The first kappa shape index (κ1) is 20.5. The first-order chi connectivity index (χ1) is 13.0. The molecular formula is C19H27ClN4O2S. The smallest absolute Gasteiger partial charge is 0.208 e. The number of nitrogens with one attached hydrogen (secondary N) is 1. The largest absolute Gasteiger partial charge is 0.486 e. The van der Waals surface area contributed by atoms with E-state index in [-0.39, 0.29) is 6.10 Å². The number of hydrogen-bond donors (Lipinski definition) is 1. The Labute approximate surface area is 170 Å². The van der Waals surface area contributed by atoms with Crippen LogP contribution in [0, 0.1) is 12.8 Å². The lowest BCUT2D eigenvalue weighted by atomic mass is 10.2. The Morgan fingerprint density at radius 3 is 3.07 bits per heavy atom. The third kappa shape index (κ3) is 6.38. The van der Waals surface area contributed by atoms with Crippen molar-refractivity contribution in [3.05, 3.63) is 34.6 Å². The summed E-state index contributed by atoms with van der Waals surface area (Å²) >= 11 is 7.65. The maximum Gasteiger partial charge on any atom is 0.208 e. The molecule has 6 nitrogen and oxygen atoms in total. The fourth-order valence-corrected chi connectivity index (χ4v) is 3.94. The van der Waals surface area contributed by atoms with Gasteiger partial charge in [-0.05, 0) is 36.6 Å². The zero-order valence-electron chi connectivity index (χ0n) is 16.1. The van der Waals surface area contributed by atoms with Crippen molar-refractivity contribution >= 4 is 23.4 Å². The third-order valence-electron chi connectivity index (χ3n) is 4.26. The van der Waals surface area contributed by atoms with Gasteiger partial charge in [0.15, 0.2) is 5.82 Å². The number of aromatic nitrogens is 3. The standard InChI is InChI=1S/C19H27ClN4O2S/c1-13(2)9-24-6-7-25-16(10-24)12-27-19-21-18(22-23-19)11-26-15-4-5-17(20)14(3)8-15/h4-5,8,13,16H,6-7,9-12H2,1-3H3,(H,21,22,23)/t16-/m1/s1. The zero-order valence-corrected chi connectivity index (χ0v) is 17.6. The van der Waals surface area contributed by atoms with Crippen molar-refractivity contribution in [2.45, 2.75) is 38.6 Å². The van der Waals surface area contributed by atoms with Crippen molar-refractivity contribution < 1.29 is 9.47 Å². The summed E-state index contributed by atoms with van der Waals surface area (Å²) in [6, 6.07) is 5.60. The van der Waals surface area contributed by atoms with E-state index in [2.05, 4.69) is 33.9 Å². The van der Waals surface area contributed by atoms with Crippen molar-refractivity contribution in [3.8, 4) is 5.75 Å². The number of ether oxygens (including phenoxy) is 2.